The van der Waals surface area contributed by atoms with Gasteiger partial charge in [0.05, 0.1) is 0 Å². The monoisotopic (exact) mass is 294 g/mol. The van der Waals surface area contributed by atoms with E-state index in [-0.39, 0.29) is 5.16 Å². The lowest BCUT2D eigenvalue weighted by Crippen LogP contribution is -2.18. The van der Waals surface area contributed by atoms with E-state index in [1.54, 1.807) is 0 Å². The number of hydrogen-bond acceptors (Lipinski definition) is 4. The highest BCUT2D eigenvalue weighted by molar-refractivity contribution is 7.89. The average molecular weight is 294 g/mol. The molecule has 0 saturated heterocycles. The molecular formula is C13H18N4O2S. The predicted octanol–water partition coefficient (Wildman–Crippen LogP) is 1.54. The molecule has 0 fully saturated rings. The number of aryl methyl sites for hydroxylation is 3. The van der Waals surface area contributed by atoms with Crippen molar-refractivity contribution < 1.29 is 8.42 Å². The first kappa shape index (κ1) is 14.7. The molecule has 0 unspecified atom stereocenters. The van der Waals surface area contributed by atoms with Gasteiger partial charge in [0.25, 0.3) is 15.2 Å². The van der Waals surface area contributed by atoms with Gasteiger partial charge in [-0.3, -0.25) is 4.57 Å². The first-order valence-corrected chi connectivity index (χ1v) is 7.84. The fourth-order valence-electron chi connectivity index (χ4n) is 2.50. The number of primary sulfonamides is 1. The molecule has 0 aliphatic carbocycles. The molecule has 108 valence electrons. The summed E-state index contributed by atoms with van der Waals surface area (Å²) in [4.78, 5) is 0. The predicted molar refractivity (Wildman–Crippen MR) is 76.7 cm³/mol. The SMILES string of the molecule is CCn1c(-c2c(C)cc(C)cc2C)nnc1S(N)(=O)=O. The van der Waals surface area contributed by atoms with E-state index >= 15 is 0 Å². The highest BCUT2D eigenvalue weighted by atomic mass is 32.2. The van der Waals surface area contributed by atoms with Gasteiger partial charge in [-0.1, -0.05) is 17.7 Å². The Kier molecular flexibility index (Phi) is 3.66. The van der Waals surface area contributed by atoms with E-state index in [0.29, 0.717) is 12.4 Å². The third-order valence-corrected chi connectivity index (χ3v) is 4.00. The van der Waals surface area contributed by atoms with E-state index in [2.05, 4.69) is 10.2 Å². The lowest BCUT2D eigenvalue weighted by molar-refractivity contribution is 0.570. The Bertz CT molecular complexity index is 740. The van der Waals surface area contributed by atoms with E-state index in [0.717, 1.165) is 22.3 Å². The smallest absolute Gasteiger partial charge is 0.273 e. The van der Waals surface area contributed by atoms with Crippen LogP contribution in [0.25, 0.3) is 11.4 Å². The summed E-state index contributed by atoms with van der Waals surface area (Å²) in [6.07, 6.45) is 0. The molecule has 0 amide bonds. The molecule has 0 spiro atoms. The molecule has 0 aliphatic rings. The van der Waals surface area contributed by atoms with Gasteiger partial charge in [0.1, 0.15) is 0 Å². The fourth-order valence-corrected chi connectivity index (χ4v) is 3.18. The van der Waals surface area contributed by atoms with E-state index in [1.807, 2.05) is 39.8 Å². The van der Waals surface area contributed by atoms with Gasteiger partial charge in [0, 0.05) is 12.1 Å². The first-order chi connectivity index (χ1) is 9.25. The largest absolute Gasteiger partial charge is 0.297 e. The summed E-state index contributed by atoms with van der Waals surface area (Å²) >= 11 is 0. The third kappa shape index (κ3) is 2.46. The third-order valence-electron chi connectivity index (χ3n) is 3.19. The summed E-state index contributed by atoms with van der Waals surface area (Å²) in [6, 6.07) is 4.07. The molecule has 1 aromatic carbocycles. The lowest BCUT2D eigenvalue weighted by Gasteiger charge is -2.12. The molecule has 1 aromatic heterocycles. The summed E-state index contributed by atoms with van der Waals surface area (Å²) in [6.45, 7) is 8.23. The molecule has 2 aromatic rings. The molecule has 1 heterocycles. The number of nitrogens with zero attached hydrogens (tertiary/aromatic N) is 3. The number of aromatic nitrogens is 3. The zero-order valence-electron chi connectivity index (χ0n) is 12.0. The minimum absolute atomic E-state index is 0.200. The molecule has 7 heteroatoms. The molecular weight excluding hydrogens is 276 g/mol. The van der Waals surface area contributed by atoms with E-state index in [9.17, 15) is 8.42 Å². The van der Waals surface area contributed by atoms with Crippen molar-refractivity contribution in [2.24, 2.45) is 5.14 Å². The van der Waals surface area contributed by atoms with Gasteiger partial charge in [0.2, 0.25) is 0 Å². The molecule has 2 rings (SSSR count). The molecule has 0 saturated carbocycles. The van der Waals surface area contributed by atoms with Crippen LogP contribution in [0.5, 0.6) is 0 Å². The van der Waals surface area contributed by atoms with Gasteiger partial charge >= 0.3 is 0 Å². The minimum atomic E-state index is -3.88. The van der Waals surface area contributed by atoms with Gasteiger partial charge in [-0.25, -0.2) is 13.6 Å². The van der Waals surface area contributed by atoms with Crippen molar-refractivity contribution in [3.05, 3.63) is 28.8 Å². The van der Waals surface area contributed by atoms with Crippen LogP contribution in [-0.2, 0) is 16.6 Å². The summed E-state index contributed by atoms with van der Waals surface area (Å²) < 4.78 is 24.6. The van der Waals surface area contributed by atoms with Crippen molar-refractivity contribution >= 4 is 10.0 Å². The second-order valence-corrected chi connectivity index (χ2v) is 6.32. The van der Waals surface area contributed by atoms with Gasteiger partial charge in [0.15, 0.2) is 5.82 Å². The van der Waals surface area contributed by atoms with Crippen molar-refractivity contribution in [1.82, 2.24) is 14.8 Å². The maximum Gasteiger partial charge on any atom is 0.273 e. The molecule has 0 radical (unpaired) electrons. The highest BCUT2D eigenvalue weighted by Gasteiger charge is 2.22. The van der Waals surface area contributed by atoms with E-state index in [1.165, 1.54) is 4.57 Å². The van der Waals surface area contributed by atoms with Crippen molar-refractivity contribution in [1.29, 1.82) is 0 Å². The van der Waals surface area contributed by atoms with Crippen LogP contribution in [-0.4, -0.2) is 23.2 Å². The Morgan fingerprint density at radius 3 is 2.15 bits per heavy atom. The minimum Gasteiger partial charge on any atom is -0.297 e. The Balaban J connectivity index is 2.75. The van der Waals surface area contributed by atoms with Crippen molar-refractivity contribution in [3.8, 4) is 11.4 Å². The van der Waals surface area contributed by atoms with Crippen LogP contribution in [0.2, 0.25) is 0 Å². The fraction of sp³-hybridized carbons (Fsp3) is 0.385. The van der Waals surface area contributed by atoms with Crippen LogP contribution in [0.1, 0.15) is 23.6 Å². The van der Waals surface area contributed by atoms with Gasteiger partial charge in [-0.2, -0.15) is 0 Å². The van der Waals surface area contributed by atoms with Crippen molar-refractivity contribution in [2.45, 2.75) is 39.4 Å². The Morgan fingerprint density at radius 1 is 1.15 bits per heavy atom. The summed E-state index contributed by atoms with van der Waals surface area (Å²) in [5.41, 5.74) is 4.12. The van der Waals surface area contributed by atoms with Gasteiger partial charge < -0.3 is 0 Å². The zero-order chi connectivity index (χ0) is 15.1. The van der Waals surface area contributed by atoms with E-state index in [4.69, 9.17) is 5.14 Å². The van der Waals surface area contributed by atoms with Crippen LogP contribution < -0.4 is 5.14 Å². The molecule has 2 N–H and O–H groups in total. The summed E-state index contributed by atoms with van der Waals surface area (Å²) in [7, 11) is -3.88. The van der Waals surface area contributed by atoms with Crippen LogP contribution >= 0.6 is 0 Å². The maximum absolute atomic E-state index is 11.5. The molecule has 0 bridgehead atoms. The van der Waals surface area contributed by atoms with Crippen LogP contribution in [0.4, 0.5) is 0 Å². The second kappa shape index (κ2) is 4.99. The van der Waals surface area contributed by atoms with Crippen LogP contribution in [0.3, 0.4) is 0 Å². The quantitative estimate of drug-likeness (QED) is 0.929. The molecule has 6 nitrogen and oxygen atoms in total. The van der Waals surface area contributed by atoms with Crippen molar-refractivity contribution in [2.75, 3.05) is 0 Å². The van der Waals surface area contributed by atoms with Gasteiger partial charge in [-0.05, 0) is 38.8 Å². The number of rotatable bonds is 3. The standard InChI is InChI=1S/C13H18N4O2S/c1-5-17-12(15-16-13(17)20(14,18)19)11-9(3)6-8(2)7-10(11)4/h6-7H,5H2,1-4H3,(H2,14,18,19). The summed E-state index contributed by atoms with van der Waals surface area (Å²) in [5.74, 6) is 0.534. The van der Waals surface area contributed by atoms with Crippen LogP contribution in [0.15, 0.2) is 17.3 Å². The zero-order valence-corrected chi connectivity index (χ0v) is 12.8. The maximum atomic E-state index is 11.5. The normalized spacial score (nSPS) is 11.8. The van der Waals surface area contributed by atoms with Gasteiger partial charge in [-0.15, -0.1) is 10.2 Å². The number of sulfonamides is 1. The van der Waals surface area contributed by atoms with E-state index < -0.39 is 10.0 Å². The summed E-state index contributed by atoms with van der Waals surface area (Å²) in [5, 5.41) is 12.7. The number of nitrogens with two attached hydrogens (primary N) is 1. The number of hydrogen-bond donors (Lipinski definition) is 1. The molecule has 0 aliphatic heterocycles. The molecule has 0 atom stereocenters. The Labute approximate surface area is 118 Å². The number of benzene rings is 1. The molecule has 20 heavy (non-hydrogen) atoms. The highest BCUT2D eigenvalue weighted by Crippen LogP contribution is 2.28. The van der Waals surface area contributed by atoms with Crippen LogP contribution in [0, 0.1) is 20.8 Å². The Morgan fingerprint density at radius 2 is 1.70 bits per heavy atom. The average Bonchev–Trinajstić information content (AvgIpc) is 2.70. The second-order valence-electron chi connectivity index (χ2n) is 4.87. The topological polar surface area (TPSA) is 90.9 Å². The van der Waals surface area contributed by atoms with Crippen molar-refractivity contribution in [3.63, 3.8) is 0 Å². The Hall–Kier alpha value is -1.73. The lowest BCUT2D eigenvalue weighted by atomic mass is 9.99. The first-order valence-electron chi connectivity index (χ1n) is 6.30.